The van der Waals surface area contributed by atoms with Crippen LogP contribution in [-0.2, 0) is 0 Å². The Hall–Kier alpha value is -2.90. The number of rotatable bonds is 4. The van der Waals surface area contributed by atoms with Gasteiger partial charge < -0.3 is 0 Å². The average molecular weight is 381 g/mol. The van der Waals surface area contributed by atoms with Crippen molar-refractivity contribution in [3.05, 3.63) is 82.3 Å². The van der Waals surface area contributed by atoms with E-state index in [0.29, 0.717) is 20.9 Å². The molecule has 0 atom stereocenters. The molecule has 0 aliphatic carbocycles. The minimum absolute atomic E-state index is 0.294. The molecule has 7 heteroatoms. The van der Waals surface area contributed by atoms with Crippen LogP contribution in [0.3, 0.4) is 0 Å². The Kier molecular flexibility index (Phi) is 4.55. The van der Waals surface area contributed by atoms with Crippen molar-refractivity contribution in [3.63, 3.8) is 0 Å². The first-order chi connectivity index (χ1) is 12.7. The third-order valence-corrected chi connectivity index (χ3v) is 5.38. The third kappa shape index (κ3) is 3.40. The predicted octanol–water partition coefficient (Wildman–Crippen LogP) is 5.18. The number of anilines is 1. The maximum absolute atomic E-state index is 13.5. The molecule has 0 saturated heterocycles. The van der Waals surface area contributed by atoms with Crippen molar-refractivity contribution in [2.75, 3.05) is 5.01 Å². The summed E-state index contributed by atoms with van der Waals surface area (Å²) in [6, 6.07) is 17.1. The van der Waals surface area contributed by atoms with Gasteiger partial charge in [0.2, 0.25) is 5.13 Å². The first kappa shape index (κ1) is 16.6. The van der Waals surface area contributed by atoms with Crippen molar-refractivity contribution in [2.45, 2.75) is 0 Å². The smallest absolute Gasteiger partial charge is 0.267 e. The van der Waals surface area contributed by atoms with Crippen LogP contribution in [0.15, 0.2) is 71.1 Å². The molecule has 0 radical (unpaired) electrons. The summed E-state index contributed by atoms with van der Waals surface area (Å²) in [7, 11) is 0. The number of hydrogen-bond donors (Lipinski definition) is 0. The van der Waals surface area contributed by atoms with E-state index in [1.807, 2.05) is 23.6 Å². The molecule has 2 heterocycles. The lowest BCUT2D eigenvalue weighted by molar-refractivity contribution is 0.0988. The molecule has 0 spiro atoms. The fourth-order valence-electron chi connectivity index (χ4n) is 2.35. The van der Waals surface area contributed by atoms with Gasteiger partial charge in [-0.25, -0.2) is 9.37 Å². The number of aromatic nitrogens is 1. The molecule has 0 N–H and O–H groups in total. The summed E-state index contributed by atoms with van der Waals surface area (Å²) in [5.41, 5.74) is 1.13. The Morgan fingerprint density at radius 3 is 2.73 bits per heavy atom. The van der Waals surface area contributed by atoms with Crippen molar-refractivity contribution >= 4 is 50.1 Å². The predicted molar refractivity (Wildman–Crippen MR) is 105 cm³/mol. The Balaban J connectivity index is 1.77. The van der Waals surface area contributed by atoms with E-state index >= 15 is 0 Å². The Labute approximate surface area is 156 Å². The molecule has 0 fully saturated rings. The van der Waals surface area contributed by atoms with Crippen LogP contribution in [0, 0.1) is 5.82 Å². The molecule has 0 aliphatic heterocycles. The molecule has 2 aromatic carbocycles. The molecule has 0 unspecified atom stereocenters. The van der Waals surface area contributed by atoms with E-state index in [1.165, 1.54) is 39.8 Å². The summed E-state index contributed by atoms with van der Waals surface area (Å²) < 4.78 is 14.1. The fourth-order valence-corrected chi connectivity index (χ4v) is 3.87. The van der Waals surface area contributed by atoms with E-state index in [1.54, 1.807) is 36.5 Å². The summed E-state index contributed by atoms with van der Waals surface area (Å²) in [5, 5.41) is 7.95. The zero-order valence-corrected chi connectivity index (χ0v) is 15.0. The molecule has 0 bridgehead atoms. The van der Waals surface area contributed by atoms with Gasteiger partial charge in [0.1, 0.15) is 5.82 Å². The Bertz CT molecular complexity index is 1070. The lowest BCUT2D eigenvalue weighted by Crippen LogP contribution is -2.25. The first-order valence-electron chi connectivity index (χ1n) is 7.74. The Morgan fingerprint density at radius 1 is 1.12 bits per heavy atom. The van der Waals surface area contributed by atoms with Crippen LogP contribution in [0.4, 0.5) is 9.52 Å². The van der Waals surface area contributed by atoms with Crippen LogP contribution in [-0.4, -0.2) is 17.1 Å². The summed E-state index contributed by atoms with van der Waals surface area (Å²) >= 11 is 2.74. The standard InChI is InChI=1S/C19H12FN3OS2/c20-14-8-9-16-17(11-14)26-19(22-16)23(21-12-15-7-4-10-25-15)18(24)13-5-2-1-3-6-13/h1-12H/b21-12-. The quantitative estimate of drug-likeness (QED) is 0.361. The minimum atomic E-state index is -0.337. The number of carbonyl (C=O) groups excluding carboxylic acids is 1. The number of thiazole rings is 1. The molecule has 4 nitrogen and oxygen atoms in total. The van der Waals surface area contributed by atoms with Crippen LogP contribution < -0.4 is 5.01 Å². The van der Waals surface area contributed by atoms with Gasteiger partial charge in [0, 0.05) is 10.4 Å². The van der Waals surface area contributed by atoms with Crippen molar-refractivity contribution in [2.24, 2.45) is 5.10 Å². The van der Waals surface area contributed by atoms with Crippen LogP contribution >= 0.6 is 22.7 Å². The van der Waals surface area contributed by atoms with E-state index in [0.717, 1.165) is 4.88 Å². The number of fused-ring (bicyclic) bond motifs is 1. The average Bonchev–Trinajstić information content (AvgIpc) is 3.31. The van der Waals surface area contributed by atoms with Gasteiger partial charge >= 0.3 is 0 Å². The van der Waals surface area contributed by atoms with Crippen LogP contribution in [0.25, 0.3) is 10.2 Å². The van der Waals surface area contributed by atoms with Crippen molar-refractivity contribution < 1.29 is 9.18 Å². The third-order valence-electron chi connectivity index (χ3n) is 3.58. The first-order valence-corrected chi connectivity index (χ1v) is 9.43. The van der Waals surface area contributed by atoms with E-state index in [2.05, 4.69) is 10.1 Å². The zero-order valence-electron chi connectivity index (χ0n) is 13.4. The number of hydrazone groups is 1. The molecule has 4 rings (SSSR count). The van der Waals surface area contributed by atoms with Gasteiger partial charge in [-0.2, -0.15) is 10.1 Å². The summed E-state index contributed by atoms with van der Waals surface area (Å²) in [6.07, 6.45) is 1.62. The highest BCUT2D eigenvalue weighted by Gasteiger charge is 2.21. The lowest BCUT2D eigenvalue weighted by Gasteiger charge is -2.13. The summed E-state index contributed by atoms with van der Waals surface area (Å²) in [5.74, 6) is -0.631. The monoisotopic (exact) mass is 381 g/mol. The summed E-state index contributed by atoms with van der Waals surface area (Å²) in [6.45, 7) is 0. The number of carbonyl (C=O) groups is 1. The highest BCUT2D eigenvalue weighted by atomic mass is 32.1. The summed E-state index contributed by atoms with van der Waals surface area (Å²) in [4.78, 5) is 18.3. The number of benzene rings is 2. The van der Waals surface area contributed by atoms with E-state index < -0.39 is 0 Å². The van der Waals surface area contributed by atoms with Gasteiger partial charge in [0.05, 0.1) is 16.4 Å². The molecular formula is C19H12FN3OS2. The molecule has 2 aromatic heterocycles. The molecule has 0 aliphatic rings. The minimum Gasteiger partial charge on any atom is -0.267 e. The van der Waals surface area contributed by atoms with Crippen LogP contribution in [0.5, 0.6) is 0 Å². The zero-order chi connectivity index (χ0) is 17.9. The van der Waals surface area contributed by atoms with Gasteiger partial charge in [-0.05, 0) is 41.8 Å². The van der Waals surface area contributed by atoms with Gasteiger partial charge in [-0.15, -0.1) is 11.3 Å². The molecule has 26 heavy (non-hydrogen) atoms. The maximum Gasteiger partial charge on any atom is 0.280 e. The lowest BCUT2D eigenvalue weighted by atomic mass is 10.2. The number of halogens is 1. The van der Waals surface area contributed by atoms with Crippen molar-refractivity contribution in [1.29, 1.82) is 0 Å². The fraction of sp³-hybridized carbons (Fsp3) is 0. The van der Waals surface area contributed by atoms with Gasteiger partial charge in [-0.3, -0.25) is 4.79 Å². The second-order valence-corrected chi connectivity index (χ2v) is 7.34. The number of hydrogen-bond acceptors (Lipinski definition) is 5. The van der Waals surface area contributed by atoms with Crippen molar-refractivity contribution in [3.8, 4) is 0 Å². The van der Waals surface area contributed by atoms with Crippen LogP contribution in [0.1, 0.15) is 15.2 Å². The largest absolute Gasteiger partial charge is 0.280 e. The normalized spacial score (nSPS) is 11.3. The van der Waals surface area contributed by atoms with Gasteiger partial charge in [0.15, 0.2) is 0 Å². The number of amides is 1. The van der Waals surface area contributed by atoms with E-state index in [4.69, 9.17) is 0 Å². The second-order valence-electron chi connectivity index (χ2n) is 5.35. The number of thiophene rings is 1. The second kappa shape index (κ2) is 7.15. The maximum atomic E-state index is 13.5. The molecule has 1 amide bonds. The van der Waals surface area contributed by atoms with Crippen molar-refractivity contribution in [1.82, 2.24) is 4.98 Å². The molecule has 0 saturated carbocycles. The van der Waals surface area contributed by atoms with E-state index in [-0.39, 0.29) is 11.7 Å². The highest BCUT2D eigenvalue weighted by molar-refractivity contribution is 7.22. The SMILES string of the molecule is O=C(c1ccccc1)N(/N=C\c1cccs1)c1nc2ccc(F)cc2s1. The van der Waals surface area contributed by atoms with E-state index in [9.17, 15) is 9.18 Å². The van der Waals surface area contributed by atoms with Crippen LogP contribution in [0.2, 0.25) is 0 Å². The topological polar surface area (TPSA) is 45.6 Å². The highest BCUT2D eigenvalue weighted by Crippen LogP contribution is 2.30. The van der Waals surface area contributed by atoms with Gasteiger partial charge in [0.25, 0.3) is 5.91 Å². The Morgan fingerprint density at radius 2 is 1.96 bits per heavy atom. The molecule has 4 aromatic rings. The van der Waals surface area contributed by atoms with Gasteiger partial charge in [-0.1, -0.05) is 35.6 Å². The molecular weight excluding hydrogens is 369 g/mol. The molecule has 128 valence electrons. The number of nitrogens with zero attached hydrogens (tertiary/aromatic N) is 3.